The van der Waals surface area contributed by atoms with Gasteiger partial charge in [0.1, 0.15) is 0 Å². The summed E-state index contributed by atoms with van der Waals surface area (Å²) in [6, 6.07) is 9.42. The Balaban J connectivity index is 2.05. The number of para-hydroxylation sites is 1. The van der Waals surface area contributed by atoms with Gasteiger partial charge in [-0.1, -0.05) is 44.4 Å². The van der Waals surface area contributed by atoms with Crippen molar-refractivity contribution in [1.82, 2.24) is 5.43 Å². The van der Waals surface area contributed by atoms with Crippen LogP contribution in [0, 0.1) is 0 Å². The van der Waals surface area contributed by atoms with Gasteiger partial charge in [-0.25, -0.2) is 10.2 Å². The van der Waals surface area contributed by atoms with Gasteiger partial charge in [0.15, 0.2) is 0 Å². The van der Waals surface area contributed by atoms with E-state index in [1.54, 1.807) is 0 Å². The molecule has 0 unspecified atom stereocenters. The molecule has 0 saturated heterocycles. The van der Waals surface area contributed by atoms with E-state index < -0.39 is 6.09 Å². The zero-order valence-electron chi connectivity index (χ0n) is 10.2. The van der Waals surface area contributed by atoms with Gasteiger partial charge in [-0.3, -0.25) is 5.43 Å². The van der Waals surface area contributed by atoms with E-state index in [-0.39, 0.29) is 0 Å². The van der Waals surface area contributed by atoms with Crippen molar-refractivity contribution >= 4 is 11.8 Å². The second kappa shape index (κ2) is 8.44. The zero-order valence-corrected chi connectivity index (χ0v) is 10.2. The second-order valence-corrected chi connectivity index (χ2v) is 3.81. The van der Waals surface area contributed by atoms with Gasteiger partial charge >= 0.3 is 6.09 Å². The van der Waals surface area contributed by atoms with Crippen LogP contribution in [-0.2, 0) is 4.74 Å². The fourth-order valence-corrected chi connectivity index (χ4v) is 1.37. The Kier molecular flexibility index (Phi) is 6.63. The van der Waals surface area contributed by atoms with E-state index in [0.717, 1.165) is 18.5 Å². The van der Waals surface area contributed by atoms with Crippen molar-refractivity contribution in [3.8, 4) is 0 Å². The molecule has 0 saturated carbocycles. The third-order valence-corrected chi connectivity index (χ3v) is 2.31. The minimum atomic E-state index is -0.439. The van der Waals surface area contributed by atoms with Crippen molar-refractivity contribution in [3.63, 3.8) is 0 Å². The van der Waals surface area contributed by atoms with Gasteiger partial charge < -0.3 is 4.74 Å². The molecule has 0 spiro atoms. The maximum Gasteiger partial charge on any atom is 0.425 e. The standard InChI is InChI=1S/C13H20N2O2/c1-2-3-4-8-11-17-13(16)15-14-12-9-6-5-7-10-12/h5-7,9-10,14H,2-4,8,11H2,1H3,(H,15,16). The van der Waals surface area contributed by atoms with E-state index in [4.69, 9.17) is 4.74 Å². The number of nitrogens with one attached hydrogen (secondary N) is 2. The van der Waals surface area contributed by atoms with Crippen LogP contribution >= 0.6 is 0 Å². The number of rotatable bonds is 7. The van der Waals surface area contributed by atoms with E-state index in [0.29, 0.717) is 6.61 Å². The maximum absolute atomic E-state index is 11.3. The fraction of sp³-hybridized carbons (Fsp3) is 0.462. The fourth-order valence-electron chi connectivity index (χ4n) is 1.37. The topological polar surface area (TPSA) is 50.4 Å². The summed E-state index contributed by atoms with van der Waals surface area (Å²) in [5, 5.41) is 0. The minimum Gasteiger partial charge on any atom is -0.448 e. The molecule has 1 rings (SSSR count). The predicted octanol–water partition coefficient (Wildman–Crippen LogP) is 3.32. The molecule has 0 aliphatic carbocycles. The van der Waals surface area contributed by atoms with Gasteiger partial charge in [-0.05, 0) is 18.6 Å². The number of anilines is 1. The first kappa shape index (κ1) is 13.4. The molecule has 0 bridgehead atoms. The highest BCUT2D eigenvalue weighted by Gasteiger charge is 2.00. The molecular weight excluding hydrogens is 216 g/mol. The SMILES string of the molecule is CCCCCCOC(=O)NNc1ccccc1. The summed E-state index contributed by atoms with van der Waals surface area (Å²) < 4.78 is 5.00. The zero-order chi connectivity index (χ0) is 12.3. The highest BCUT2D eigenvalue weighted by atomic mass is 16.6. The Morgan fingerprint density at radius 1 is 1.18 bits per heavy atom. The Hall–Kier alpha value is -1.71. The van der Waals surface area contributed by atoms with Crippen LogP contribution in [0.2, 0.25) is 0 Å². The summed E-state index contributed by atoms with van der Waals surface area (Å²) in [7, 11) is 0. The number of hydrogen-bond donors (Lipinski definition) is 2. The first-order valence-corrected chi connectivity index (χ1v) is 6.06. The molecule has 0 aliphatic heterocycles. The molecule has 4 heteroatoms. The number of carbonyl (C=O) groups is 1. The Morgan fingerprint density at radius 2 is 1.94 bits per heavy atom. The lowest BCUT2D eigenvalue weighted by Crippen LogP contribution is -2.30. The summed E-state index contributed by atoms with van der Waals surface area (Å²) in [5.41, 5.74) is 6.08. The van der Waals surface area contributed by atoms with Crippen molar-refractivity contribution in [2.24, 2.45) is 0 Å². The molecule has 1 aromatic rings. The molecule has 0 atom stereocenters. The van der Waals surface area contributed by atoms with Crippen LogP contribution in [0.1, 0.15) is 32.6 Å². The monoisotopic (exact) mass is 236 g/mol. The quantitative estimate of drug-likeness (QED) is 0.564. The van der Waals surface area contributed by atoms with Gasteiger partial charge in [0, 0.05) is 0 Å². The molecule has 94 valence electrons. The lowest BCUT2D eigenvalue weighted by atomic mass is 10.2. The van der Waals surface area contributed by atoms with E-state index in [2.05, 4.69) is 17.8 Å². The smallest absolute Gasteiger partial charge is 0.425 e. The highest BCUT2D eigenvalue weighted by molar-refractivity contribution is 5.69. The van der Waals surface area contributed by atoms with Crippen LogP contribution in [0.15, 0.2) is 30.3 Å². The molecule has 1 amide bonds. The molecule has 0 radical (unpaired) electrons. The third-order valence-electron chi connectivity index (χ3n) is 2.31. The molecule has 0 fully saturated rings. The van der Waals surface area contributed by atoms with E-state index in [9.17, 15) is 4.79 Å². The molecular formula is C13H20N2O2. The van der Waals surface area contributed by atoms with Crippen LogP contribution in [0.3, 0.4) is 0 Å². The predicted molar refractivity (Wildman–Crippen MR) is 68.7 cm³/mol. The summed E-state index contributed by atoms with van der Waals surface area (Å²) in [4.78, 5) is 11.3. The first-order chi connectivity index (χ1) is 8.33. The Labute approximate surface area is 102 Å². The van der Waals surface area contributed by atoms with E-state index in [1.807, 2.05) is 30.3 Å². The Morgan fingerprint density at radius 3 is 2.65 bits per heavy atom. The van der Waals surface area contributed by atoms with E-state index in [1.165, 1.54) is 12.8 Å². The van der Waals surface area contributed by atoms with Crippen LogP contribution in [0.25, 0.3) is 0 Å². The van der Waals surface area contributed by atoms with Crippen molar-refractivity contribution < 1.29 is 9.53 Å². The van der Waals surface area contributed by atoms with Gasteiger partial charge in [-0.2, -0.15) is 0 Å². The van der Waals surface area contributed by atoms with Gasteiger partial charge in [0.25, 0.3) is 0 Å². The van der Waals surface area contributed by atoms with Crippen molar-refractivity contribution in [2.75, 3.05) is 12.0 Å². The summed E-state index contributed by atoms with van der Waals surface area (Å²) in [6.45, 7) is 2.62. The van der Waals surface area contributed by atoms with Gasteiger partial charge in [0.2, 0.25) is 0 Å². The molecule has 2 N–H and O–H groups in total. The largest absolute Gasteiger partial charge is 0.448 e. The average Bonchev–Trinajstić information content (AvgIpc) is 2.37. The minimum absolute atomic E-state index is 0.439. The molecule has 17 heavy (non-hydrogen) atoms. The normalized spacial score (nSPS) is 9.71. The molecule has 1 aromatic carbocycles. The Bertz CT molecular complexity index is 314. The molecule has 4 nitrogen and oxygen atoms in total. The van der Waals surface area contributed by atoms with Crippen LogP contribution in [-0.4, -0.2) is 12.7 Å². The summed E-state index contributed by atoms with van der Waals surface area (Å²) >= 11 is 0. The summed E-state index contributed by atoms with van der Waals surface area (Å²) in [5.74, 6) is 0. The van der Waals surface area contributed by atoms with Gasteiger partial charge in [-0.15, -0.1) is 0 Å². The van der Waals surface area contributed by atoms with Crippen molar-refractivity contribution in [2.45, 2.75) is 32.6 Å². The van der Waals surface area contributed by atoms with Crippen molar-refractivity contribution in [1.29, 1.82) is 0 Å². The number of amides is 1. The first-order valence-electron chi connectivity index (χ1n) is 6.06. The van der Waals surface area contributed by atoms with Gasteiger partial charge in [0.05, 0.1) is 12.3 Å². The van der Waals surface area contributed by atoms with E-state index >= 15 is 0 Å². The van der Waals surface area contributed by atoms with Crippen LogP contribution < -0.4 is 10.9 Å². The maximum atomic E-state index is 11.3. The number of unbranched alkanes of at least 4 members (excludes halogenated alkanes) is 3. The second-order valence-electron chi connectivity index (χ2n) is 3.81. The van der Waals surface area contributed by atoms with Crippen molar-refractivity contribution in [3.05, 3.63) is 30.3 Å². The summed E-state index contributed by atoms with van der Waals surface area (Å²) in [6.07, 6.45) is 3.96. The lowest BCUT2D eigenvalue weighted by Gasteiger charge is -2.08. The average molecular weight is 236 g/mol. The number of hydrazine groups is 1. The third kappa shape index (κ3) is 6.45. The molecule has 0 heterocycles. The number of ether oxygens (including phenoxy) is 1. The highest BCUT2D eigenvalue weighted by Crippen LogP contribution is 2.03. The van der Waals surface area contributed by atoms with Crippen LogP contribution in [0.5, 0.6) is 0 Å². The number of benzene rings is 1. The molecule has 0 aromatic heterocycles. The number of carbonyl (C=O) groups excluding carboxylic acids is 1. The number of hydrogen-bond acceptors (Lipinski definition) is 3. The lowest BCUT2D eigenvalue weighted by molar-refractivity contribution is 0.146. The molecule has 0 aliphatic rings. The van der Waals surface area contributed by atoms with Crippen LogP contribution in [0.4, 0.5) is 10.5 Å².